The first-order chi connectivity index (χ1) is 16.9. The summed E-state index contributed by atoms with van der Waals surface area (Å²) in [5, 5.41) is 10.0. The quantitative estimate of drug-likeness (QED) is 0.570. The summed E-state index contributed by atoms with van der Waals surface area (Å²) in [4.78, 5) is 27.3. The molecule has 1 unspecified atom stereocenters. The molecule has 9 nitrogen and oxygen atoms in total. The number of halogens is 2. The molecule has 0 bridgehead atoms. The molecule has 0 saturated carbocycles. The van der Waals surface area contributed by atoms with Gasteiger partial charge >= 0.3 is 0 Å². The van der Waals surface area contributed by atoms with Gasteiger partial charge in [-0.2, -0.15) is 0 Å². The van der Waals surface area contributed by atoms with Gasteiger partial charge in [0.05, 0.1) is 28.8 Å². The van der Waals surface area contributed by atoms with Crippen LogP contribution in [0, 0.1) is 11.7 Å². The Hall–Kier alpha value is -2.98. The molecule has 186 valence electrons. The van der Waals surface area contributed by atoms with Crippen LogP contribution in [0.5, 0.6) is 0 Å². The number of piperidine rings is 1. The van der Waals surface area contributed by atoms with Gasteiger partial charge in [0.15, 0.2) is 5.82 Å². The van der Waals surface area contributed by atoms with Crippen molar-refractivity contribution in [2.75, 3.05) is 31.6 Å². The van der Waals surface area contributed by atoms with E-state index in [2.05, 4.69) is 37.8 Å². The van der Waals surface area contributed by atoms with Gasteiger partial charge in [0.2, 0.25) is 5.95 Å². The molecule has 0 spiro atoms. The Balaban J connectivity index is 1.29. The highest BCUT2D eigenvalue weighted by molar-refractivity contribution is 6.33. The van der Waals surface area contributed by atoms with Crippen LogP contribution < -0.4 is 16.0 Å². The van der Waals surface area contributed by atoms with Crippen molar-refractivity contribution >= 4 is 34.8 Å². The lowest BCUT2D eigenvalue weighted by Crippen LogP contribution is -2.54. The van der Waals surface area contributed by atoms with Crippen molar-refractivity contribution < 1.29 is 13.9 Å². The van der Waals surface area contributed by atoms with Crippen LogP contribution in [0.1, 0.15) is 55.2 Å². The average molecular weight is 502 g/mol. The number of likely N-dealkylation sites (tertiary alicyclic amines) is 1. The van der Waals surface area contributed by atoms with Crippen molar-refractivity contribution in [1.29, 1.82) is 0 Å². The van der Waals surface area contributed by atoms with Crippen LogP contribution in [0.3, 0.4) is 0 Å². The van der Waals surface area contributed by atoms with E-state index in [4.69, 9.17) is 16.3 Å². The van der Waals surface area contributed by atoms with E-state index in [-0.39, 0.29) is 28.3 Å². The molecule has 0 aromatic carbocycles. The number of nitrogens with zero attached hydrogens (tertiary/aromatic N) is 4. The molecule has 2 aromatic heterocycles. The maximum atomic E-state index is 14.7. The standard InChI is InChI=1S/C24H29ClFN7O2/c1-24(15-5-9-35-10-6-15)29-14-19(32-24)21-18(26)13-28-23(31-21)30-16-11-17(25)20(27-12-16)22(34)33-7-3-2-4-8-33/h11-15,29,32H,2-10H2,1H3,(H,28,30,31). The first-order valence-corrected chi connectivity index (χ1v) is 12.4. The lowest BCUT2D eigenvalue weighted by molar-refractivity contribution is 0.0336. The number of anilines is 2. The highest BCUT2D eigenvalue weighted by atomic mass is 35.5. The Morgan fingerprint density at radius 1 is 1.23 bits per heavy atom. The summed E-state index contributed by atoms with van der Waals surface area (Å²) in [6.45, 7) is 4.93. The van der Waals surface area contributed by atoms with E-state index in [1.165, 1.54) is 6.20 Å². The predicted octanol–water partition coefficient (Wildman–Crippen LogP) is 3.67. The molecule has 5 rings (SSSR count). The molecule has 3 aliphatic rings. The van der Waals surface area contributed by atoms with E-state index < -0.39 is 11.5 Å². The van der Waals surface area contributed by atoms with Crippen molar-refractivity contribution in [2.45, 2.75) is 44.7 Å². The third-order valence-corrected chi connectivity index (χ3v) is 7.18. The number of hydrogen-bond donors (Lipinski definition) is 3. The summed E-state index contributed by atoms with van der Waals surface area (Å²) in [7, 11) is 0. The fourth-order valence-corrected chi connectivity index (χ4v) is 5.10. The lowest BCUT2D eigenvalue weighted by atomic mass is 9.87. The second-order valence-corrected chi connectivity index (χ2v) is 9.75. The maximum absolute atomic E-state index is 14.7. The molecule has 3 N–H and O–H groups in total. The van der Waals surface area contributed by atoms with Crippen molar-refractivity contribution in [1.82, 2.24) is 30.5 Å². The number of carbonyl (C=O) groups is 1. The number of nitrogens with one attached hydrogen (secondary N) is 3. The first kappa shape index (κ1) is 23.7. The minimum absolute atomic E-state index is 0.154. The van der Waals surface area contributed by atoms with Gasteiger partial charge in [-0.25, -0.2) is 19.3 Å². The van der Waals surface area contributed by atoms with Gasteiger partial charge in [-0.05, 0) is 45.1 Å². The normalized spacial score (nSPS) is 22.8. The Bertz CT molecular complexity index is 1130. The number of aromatic nitrogens is 3. The van der Waals surface area contributed by atoms with Crippen LogP contribution in [0.15, 0.2) is 24.7 Å². The second kappa shape index (κ2) is 9.94. The van der Waals surface area contributed by atoms with Gasteiger partial charge in [0.1, 0.15) is 17.1 Å². The number of amides is 1. The summed E-state index contributed by atoms with van der Waals surface area (Å²) in [5.41, 5.74) is 1.03. The van der Waals surface area contributed by atoms with Gasteiger partial charge in [0.25, 0.3) is 5.91 Å². The summed E-state index contributed by atoms with van der Waals surface area (Å²) in [5.74, 6) is -0.171. The maximum Gasteiger partial charge on any atom is 0.273 e. The van der Waals surface area contributed by atoms with Crippen molar-refractivity contribution in [3.05, 3.63) is 46.9 Å². The molecule has 0 aliphatic carbocycles. The Morgan fingerprint density at radius 2 is 2.00 bits per heavy atom. The fraction of sp³-hybridized carbons (Fsp3) is 0.500. The van der Waals surface area contributed by atoms with Crippen LogP contribution in [0.25, 0.3) is 5.70 Å². The van der Waals surface area contributed by atoms with Crippen LogP contribution in [-0.4, -0.2) is 57.7 Å². The van der Waals surface area contributed by atoms with Gasteiger partial charge in [-0.3, -0.25) is 4.79 Å². The minimum atomic E-state index is -0.536. The zero-order valence-corrected chi connectivity index (χ0v) is 20.4. The molecule has 2 aromatic rings. The Morgan fingerprint density at radius 3 is 2.74 bits per heavy atom. The topological polar surface area (TPSA) is 104 Å². The summed E-state index contributed by atoms with van der Waals surface area (Å²) >= 11 is 6.39. The molecule has 3 aliphatic heterocycles. The summed E-state index contributed by atoms with van der Waals surface area (Å²) < 4.78 is 20.1. The minimum Gasteiger partial charge on any atom is -0.381 e. The average Bonchev–Trinajstić information content (AvgIpc) is 3.29. The van der Waals surface area contributed by atoms with E-state index in [1.54, 1.807) is 17.2 Å². The summed E-state index contributed by atoms with van der Waals surface area (Å²) in [6, 6.07) is 1.61. The number of pyridine rings is 1. The molecule has 35 heavy (non-hydrogen) atoms. The van der Waals surface area contributed by atoms with Crippen LogP contribution in [-0.2, 0) is 4.74 Å². The largest absolute Gasteiger partial charge is 0.381 e. The first-order valence-electron chi connectivity index (χ1n) is 12.0. The van der Waals surface area contributed by atoms with E-state index in [9.17, 15) is 9.18 Å². The van der Waals surface area contributed by atoms with Gasteiger partial charge in [-0.1, -0.05) is 11.6 Å². The van der Waals surface area contributed by atoms with Gasteiger partial charge in [0, 0.05) is 38.4 Å². The molecule has 0 radical (unpaired) electrons. The highest BCUT2D eigenvalue weighted by Gasteiger charge is 2.39. The molecular weight excluding hydrogens is 473 g/mol. The zero-order chi connectivity index (χ0) is 24.4. The summed E-state index contributed by atoms with van der Waals surface area (Å²) in [6.07, 6.45) is 9.33. The van der Waals surface area contributed by atoms with Gasteiger partial charge in [-0.15, -0.1) is 0 Å². The Kier molecular flexibility index (Phi) is 6.75. The van der Waals surface area contributed by atoms with E-state index >= 15 is 0 Å². The van der Waals surface area contributed by atoms with Gasteiger partial charge < -0.3 is 25.6 Å². The predicted molar refractivity (Wildman–Crippen MR) is 130 cm³/mol. The molecular formula is C24H29ClFN7O2. The second-order valence-electron chi connectivity index (χ2n) is 9.34. The fourth-order valence-electron chi connectivity index (χ4n) is 4.85. The molecule has 11 heteroatoms. The molecule has 1 amide bonds. The zero-order valence-electron chi connectivity index (χ0n) is 19.6. The third-order valence-electron chi connectivity index (χ3n) is 6.89. The van der Waals surface area contributed by atoms with Crippen molar-refractivity contribution in [3.63, 3.8) is 0 Å². The lowest BCUT2D eigenvalue weighted by Gasteiger charge is -2.38. The SMILES string of the molecule is CC1(C2CCOCC2)NC=C(c2nc(Nc3cnc(C(=O)N4CCCCC4)c(Cl)c3)ncc2F)N1. The highest BCUT2D eigenvalue weighted by Crippen LogP contribution is 2.32. The Labute approximate surface area is 208 Å². The number of ether oxygens (including phenoxy) is 1. The van der Waals surface area contributed by atoms with E-state index in [1.807, 2.05) is 0 Å². The van der Waals surface area contributed by atoms with E-state index in [0.717, 1.165) is 51.4 Å². The smallest absolute Gasteiger partial charge is 0.273 e. The molecule has 1 atom stereocenters. The third kappa shape index (κ3) is 5.04. The molecule has 2 fully saturated rings. The van der Waals surface area contributed by atoms with Crippen molar-refractivity contribution in [3.8, 4) is 0 Å². The number of hydrogen-bond acceptors (Lipinski definition) is 8. The molecule has 5 heterocycles. The van der Waals surface area contributed by atoms with E-state index in [0.29, 0.717) is 30.5 Å². The van der Waals surface area contributed by atoms with Crippen LogP contribution >= 0.6 is 11.6 Å². The number of carbonyl (C=O) groups excluding carboxylic acids is 1. The number of rotatable bonds is 5. The van der Waals surface area contributed by atoms with Crippen LogP contribution in [0.2, 0.25) is 5.02 Å². The monoisotopic (exact) mass is 501 g/mol. The molecule has 2 saturated heterocycles. The van der Waals surface area contributed by atoms with Crippen molar-refractivity contribution in [2.24, 2.45) is 5.92 Å². The van der Waals surface area contributed by atoms with Crippen LogP contribution in [0.4, 0.5) is 16.0 Å².